The Balaban J connectivity index is 2.57. The number of H-pyrrole nitrogens is 1. The molecule has 0 spiro atoms. The van der Waals surface area contributed by atoms with E-state index in [0.717, 1.165) is 0 Å². The molecule has 1 aromatic carbocycles. The predicted molar refractivity (Wildman–Crippen MR) is 63.6 cm³/mol. The summed E-state index contributed by atoms with van der Waals surface area (Å²) in [7, 11) is 0. The van der Waals surface area contributed by atoms with Gasteiger partial charge in [-0.1, -0.05) is 13.8 Å². The fourth-order valence-corrected chi connectivity index (χ4v) is 1.67. The molecule has 1 aromatic heterocycles. The number of aromatic nitrogens is 1. The highest BCUT2D eigenvalue weighted by molar-refractivity contribution is 5.73. The third-order valence-electron chi connectivity index (χ3n) is 3.14. The van der Waals surface area contributed by atoms with Gasteiger partial charge in [-0.15, -0.1) is 0 Å². The van der Waals surface area contributed by atoms with E-state index in [4.69, 9.17) is 10.2 Å². The second-order valence-electron chi connectivity index (χ2n) is 4.89. The summed E-state index contributed by atoms with van der Waals surface area (Å²) in [6.07, 6.45) is 0. The van der Waals surface area contributed by atoms with E-state index in [1.54, 1.807) is 0 Å². The zero-order chi connectivity index (χ0) is 13.6. The lowest BCUT2D eigenvalue weighted by molar-refractivity contribution is -0.108. The van der Waals surface area contributed by atoms with Crippen LogP contribution in [0.5, 0.6) is 0 Å². The molecule has 0 unspecified atom stereocenters. The summed E-state index contributed by atoms with van der Waals surface area (Å²) in [4.78, 5) is 13.3. The molecule has 0 aliphatic carbocycles. The summed E-state index contributed by atoms with van der Waals surface area (Å²) in [6.45, 7) is 2.64. The maximum atomic E-state index is 14.3. The van der Waals surface area contributed by atoms with Crippen LogP contribution in [0.1, 0.15) is 19.4 Å². The van der Waals surface area contributed by atoms with Gasteiger partial charge in [0.05, 0.1) is 5.52 Å². The number of benzene rings is 1. The molecule has 4 nitrogen and oxygen atoms in total. The summed E-state index contributed by atoms with van der Waals surface area (Å²) in [5.41, 5.74) is 4.34. The lowest BCUT2D eigenvalue weighted by Crippen LogP contribution is -2.40. The number of halogens is 2. The average Bonchev–Trinajstić information content (AvgIpc) is 2.67. The molecule has 6 heteroatoms. The van der Waals surface area contributed by atoms with Crippen LogP contribution in [0, 0.1) is 5.41 Å². The molecular weight excluding hydrogens is 242 g/mol. The first-order chi connectivity index (χ1) is 8.28. The Hall–Kier alpha value is -1.69. The molecular formula is C12H14F2N2O2. The van der Waals surface area contributed by atoms with Crippen LogP contribution in [-0.4, -0.2) is 11.5 Å². The molecule has 1 heterocycles. The van der Waals surface area contributed by atoms with Gasteiger partial charge in [-0.3, -0.25) is 4.98 Å². The molecule has 3 N–H and O–H groups in total. The Bertz CT molecular complexity index is 628. The highest BCUT2D eigenvalue weighted by Crippen LogP contribution is 2.44. The fourth-order valence-electron chi connectivity index (χ4n) is 1.67. The van der Waals surface area contributed by atoms with Gasteiger partial charge in [-0.2, -0.15) is 0 Å². The van der Waals surface area contributed by atoms with E-state index in [2.05, 4.69) is 4.98 Å². The number of alkyl halides is 2. The van der Waals surface area contributed by atoms with Gasteiger partial charge < -0.3 is 10.2 Å². The van der Waals surface area contributed by atoms with Crippen molar-refractivity contribution in [1.82, 2.24) is 4.98 Å². The first-order valence-electron chi connectivity index (χ1n) is 5.49. The van der Waals surface area contributed by atoms with Crippen LogP contribution in [0.4, 0.5) is 8.78 Å². The number of fused-ring (bicyclic) bond motifs is 1. The number of hydrogen-bond donors (Lipinski definition) is 2. The van der Waals surface area contributed by atoms with Crippen LogP contribution in [0.3, 0.4) is 0 Å². The smallest absolute Gasteiger partial charge is 0.408 e. The Labute approximate surface area is 102 Å². The Morgan fingerprint density at radius 3 is 2.67 bits per heavy atom. The Kier molecular flexibility index (Phi) is 2.77. The Morgan fingerprint density at radius 2 is 2.06 bits per heavy atom. The Morgan fingerprint density at radius 1 is 1.39 bits per heavy atom. The predicted octanol–water partition coefficient (Wildman–Crippen LogP) is 2.20. The second kappa shape index (κ2) is 3.91. The van der Waals surface area contributed by atoms with Crippen LogP contribution >= 0.6 is 0 Å². The minimum atomic E-state index is -3.09. The van der Waals surface area contributed by atoms with Crippen molar-refractivity contribution in [1.29, 1.82) is 0 Å². The fraction of sp³-hybridized carbons (Fsp3) is 0.417. The number of hydrogen-bond acceptors (Lipinski definition) is 3. The molecule has 0 aliphatic rings. The summed E-state index contributed by atoms with van der Waals surface area (Å²) in [5, 5.41) is 0. The third-order valence-corrected chi connectivity index (χ3v) is 3.14. The quantitative estimate of drug-likeness (QED) is 0.884. The lowest BCUT2D eigenvalue weighted by atomic mass is 9.81. The monoisotopic (exact) mass is 256 g/mol. The minimum absolute atomic E-state index is 0.153. The van der Waals surface area contributed by atoms with Crippen LogP contribution < -0.4 is 11.5 Å². The molecule has 0 amide bonds. The molecule has 2 aromatic rings. The zero-order valence-electron chi connectivity index (χ0n) is 10.1. The molecule has 0 bridgehead atoms. The number of nitrogens with one attached hydrogen (secondary N) is 1. The van der Waals surface area contributed by atoms with Crippen molar-refractivity contribution in [3.05, 3.63) is 34.3 Å². The standard InChI is InChI=1S/C12H14F2N2O2/c1-11(2,6-15)12(13,14)7-3-4-9-8(5-7)16-10(17)18-9/h3-5H,6,15H2,1-2H3,(H,16,17). The van der Waals surface area contributed by atoms with Crippen molar-refractivity contribution < 1.29 is 13.2 Å². The van der Waals surface area contributed by atoms with Crippen LogP contribution in [0.2, 0.25) is 0 Å². The topological polar surface area (TPSA) is 72.0 Å². The normalized spacial score (nSPS) is 13.2. The van der Waals surface area contributed by atoms with Crippen LogP contribution in [-0.2, 0) is 5.92 Å². The van der Waals surface area contributed by atoms with Gasteiger partial charge in [0.25, 0.3) is 5.92 Å². The second-order valence-corrected chi connectivity index (χ2v) is 4.89. The van der Waals surface area contributed by atoms with Gasteiger partial charge in [0, 0.05) is 17.5 Å². The molecule has 0 atom stereocenters. The first-order valence-corrected chi connectivity index (χ1v) is 5.49. The number of rotatable bonds is 3. The van der Waals surface area contributed by atoms with E-state index in [1.165, 1.54) is 32.0 Å². The van der Waals surface area contributed by atoms with Crippen LogP contribution in [0.25, 0.3) is 11.1 Å². The van der Waals surface area contributed by atoms with Crippen molar-refractivity contribution in [3.63, 3.8) is 0 Å². The highest BCUT2D eigenvalue weighted by Gasteiger charge is 2.47. The van der Waals surface area contributed by atoms with Gasteiger partial charge in [-0.25, -0.2) is 13.6 Å². The lowest BCUT2D eigenvalue weighted by Gasteiger charge is -2.33. The van der Waals surface area contributed by atoms with Gasteiger partial charge in [0.15, 0.2) is 5.58 Å². The molecule has 0 saturated heterocycles. The largest absolute Gasteiger partial charge is 0.417 e. The number of aromatic amines is 1. The molecule has 0 saturated carbocycles. The van der Waals surface area contributed by atoms with Gasteiger partial charge >= 0.3 is 5.76 Å². The maximum absolute atomic E-state index is 14.3. The summed E-state index contributed by atoms with van der Waals surface area (Å²) in [5.74, 6) is -3.76. The molecule has 0 radical (unpaired) electrons. The van der Waals surface area contributed by atoms with Crippen molar-refractivity contribution in [3.8, 4) is 0 Å². The maximum Gasteiger partial charge on any atom is 0.417 e. The van der Waals surface area contributed by atoms with Crippen molar-refractivity contribution in [2.24, 2.45) is 11.1 Å². The van der Waals surface area contributed by atoms with Crippen molar-refractivity contribution in [2.45, 2.75) is 19.8 Å². The van der Waals surface area contributed by atoms with E-state index < -0.39 is 17.1 Å². The SMILES string of the molecule is CC(C)(CN)C(F)(F)c1ccc2oc(=O)[nH]c2c1. The first kappa shape index (κ1) is 12.8. The zero-order valence-corrected chi connectivity index (χ0v) is 10.1. The van der Waals surface area contributed by atoms with Crippen molar-refractivity contribution in [2.75, 3.05) is 6.54 Å². The van der Waals surface area contributed by atoms with Crippen molar-refractivity contribution >= 4 is 11.1 Å². The summed E-state index contributed by atoms with van der Waals surface area (Å²) < 4.78 is 33.3. The van der Waals surface area contributed by atoms with Gasteiger partial charge in [0.2, 0.25) is 0 Å². The molecule has 0 fully saturated rings. The minimum Gasteiger partial charge on any atom is -0.408 e. The van der Waals surface area contributed by atoms with E-state index in [-0.39, 0.29) is 23.2 Å². The molecule has 2 rings (SSSR count). The number of oxazole rings is 1. The van der Waals surface area contributed by atoms with E-state index >= 15 is 0 Å². The molecule has 0 aliphatic heterocycles. The van der Waals surface area contributed by atoms with E-state index in [1.807, 2.05) is 0 Å². The summed E-state index contributed by atoms with van der Waals surface area (Å²) in [6, 6.07) is 3.82. The average molecular weight is 256 g/mol. The summed E-state index contributed by atoms with van der Waals surface area (Å²) >= 11 is 0. The molecule has 98 valence electrons. The third kappa shape index (κ3) is 1.82. The van der Waals surface area contributed by atoms with Gasteiger partial charge in [-0.05, 0) is 18.2 Å². The van der Waals surface area contributed by atoms with E-state index in [9.17, 15) is 13.6 Å². The molecule has 18 heavy (non-hydrogen) atoms. The number of nitrogens with two attached hydrogens (primary N) is 1. The van der Waals surface area contributed by atoms with Gasteiger partial charge in [0.1, 0.15) is 0 Å². The highest BCUT2D eigenvalue weighted by atomic mass is 19.3. The van der Waals surface area contributed by atoms with E-state index in [0.29, 0.717) is 0 Å². The van der Waals surface area contributed by atoms with Crippen LogP contribution in [0.15, 0.2) is 27.4 Å².